The van der Waals surface area contributed by atoms with Crippen LogP contribution in [0.25, 0.3) is 5.69 Å². The number of morpholine rings is 1. The number of carbonyl (C=O) groups is 2. The number of benzene rings is 1. The van der Waals surface area contributed by atoms with Gasteiger partial charge in [-0.3, -0.25) is 19.0 Å². The first-order valence-electron chi connectivity index (χ1n) is 9.61. The minimum Gasteiger partial charge on any atom is -0.378 e. The molecule has 0 N–H and O–H groups in total. The highest BCUT2D eigenvalue weighted by molar-refractivity contribution is 5.96. The molecule has 2 amide bonds. The highest BCUT2D eigenvalue weighted by atomic mass is 19.1. The zero-order valence-corrected chi connectivity index (χ0v) is 16.2. The molecule has 0 aliphatic carbocycles. The first kappa shape index (κ1) is 19.3. The average Bonchev–Trinajstić information content (AvgIpc) is 2.74. The third-order valence-corrected chi connectivity index (χ3v) is 5.46. The fourth-order valence-electron chi connectivity index (χ4n) is 3.86. The van der Waals surface area contributed by atoms with E-state index in [0.29, 0.717) is 57.1 Å². The SMILES string of the molecule is CC(=O)N1CCc2c(cn(-c3ccc(F)cc3)c(=O)c2C(=O)N2CCOCC2)C1. The second-order valence-corrected chi connectivity index (χ2v) is 7.25. The third kappa shape index (κ3) is 3.67. The summed E-state index contributed by atoms with van der Waals surface area (Å²) in [6.07, 6.45) is 2.11. The second kappa shape index (κ2) is 7.79. The molecule has 0 atom stereocenters. The van der Waals surface area contributed by atoms with Crippen molar-refractivity contribution in [2.45, 2.75) is 19.9 Å². The van der Waals surface area contributed by atoms with Gasteiger partial charge in [-0.05, 0) is 41.8 Å². The summed E-state index contributed by atoms with van der Waals surface area (Å²) in [5, 5.41) is 0. The van der Waals surface area contributed by atoms with Gasteiger partial charge in [0.05, 0.1) is 13.2 Å². The lowest BCUT2D eigenvalue weighted by Crippen LogP contribution is -2.45. The van der Waals surface area contributed by atoms with E-state index < -0.39 is 11.4 Å². The van der Waals surface area contributed by atoms with Crippen LogP contribution in [0.1, 0.15) is 28.4 Å². The summed E-state index contributed by atoms with van der Waals surface area (Å²) in [5.74, 6) is -0.786. The van der Waals surface area contributed by atoms with Crippen molar-refractivity contribution in [1.82, 2.24) is 14.4 Å². The van der Waals surface area contributed by atoms with Crippen LogP contribution < -0.4 is 5.56 Å². The van der Waals surface area contributed by atoms with Crippen molar-refractivity contribution < 1.29 is 18.7 Å². The van der Waals surface area contributed by atoms with Gasteiger partial charge in [-0.15, -0.1) is 0 Å². The van der Waals surface area contributed by atoms with Gasteiger partial charge >= 0.3 is 0 Å². The van der Waals surface area contributed by atoms with Gasteiger partial charge in [-0.1, -0.05) is 0 Å². The fraction of sp³-hybridized carbons (Fsp3) is 0.381. The number of aromatic nitrogens is 1. The Labute approximate surface area is 167 Å². The monoisotopic (exact) mass is 399 g/mol. The van der Waals surface area contributed by atoms with Crippen LogP contribution in [0, 0.1) is 5.82 Å². The molecule has 1 fully saturated rings. The van der Waals surface area contributed by atoms with Crippen LogP contribution in [0.3, 0.4) is 0 Å². The molecule has 2 aliphatic heterocycles. The number of rotatable bonds is 2. The summed E-state index contributed by atoms with van der Waals surface area (Å²) < 4.78 is 20.0. The normalized spacial score (nSPS) is 16.5. The number of fused-ring (bicyclic) bond motifs is 1. The van der Waals surface area contributed by atoms with Crippen molar-refractivity contribution in [1.29, 1.82) is 0 Å². The van der Waals surface area contributed by atoms with Gasteiger partial charge in [0.1, 0.15) is 11.4 Å². The average molecular weight is 399 g/mol. The largest absolute Gasteiger partial charge is 0.378 e. The molecule has 2 aliphatic rings. The molecule has 8 heteroatoms. The van der Waals surface area contributed by atoms with E-state index in [9.17, 15) is 18.8 Å². The van der Waals surface area contributed by atoms with Crippen LogP contribution in [0.5, 0.6) is 0 Å². The molecule has 1 aromatic heterocycles. The van der Waals surface area contributed by atoms with Crippen molar-refractivity contribution in [3.05, 3.63) is 63.3 Å². The molecule has 2 aromatic rings. The standard InChI is InChI=1S/C21H22FN3O4/c1-14(26)24-7-6-18-15(12-24)13-25(17-4-2-16(22)3-5-17)21(28)19(18)20(27)23-8-10-29-11-9-23/h2-5,13H,6-12H2,1H3. The predicted octanol–water partition coefficient (Wildman–Crippen LogP) is 1.35. The molecule has 7 nitrogen and oxygen atoms in total. The minimum atomic E-state index is -0.428. The summed E-state index contributed by atoms with van der Waals surface area (Å²) in [4.78, 5) is 41.8. The Bertz CT molecular complexity index is 1010. The highest BCUT2D eigenvalue weighted by Gasteiger charge is 2.30. The topological polar surface area (TPSA) is 71.9 Å². The Balaban J connectivity index is 1.86. The van der Waals surface area contributed by atoms with Crippen LogP contribution in [0.15, 0.2) is 35.3 Å². The Morgan fingerprint density at radius 3 is 2.38 bits per heavy atom. The quantitative estimate of drug-likeness (QED) is 0.765. The van der Waals surface area contributed by atoms with E-state index in [-0.39, 0.29) is 17.4 Å². The lowest BCUT2D eigenvalue weighted by atomic mass is 9.95. The summed E-state index contributed by atoms with van der Waals surface area (Å²) in [6, 6.07) is 5.54. The Kier molecular flexibility index (Phi) is 5.19. The van der Waals surface area contributed by atoms with Crippen LogP contribution >= 0.6 is 0 Å². The molecule has 4 rings (SSSR count). The van der Waals surface area contributed by atoms with Crippen molar-refractivity contribution in [2.75, 3.05) is 32.8 Å². The van der Waals surface area contributed by atoms with Gasteiger partial charge in [0, 0.05) is 45.0 Å². The van der Waals surface area contributed by atoms with Gasteiger partial charge in [-0.2, -0.15) is 0 Å². The maximum atomic E-state index is 13.4. The molecular weight excluding hydrogens is 377 g/mol. The number of halogens is 1. The number of hydrogen-bond donors (Lipinski definition) is 0. The molecule has 0 unspecified atom stereocenters. The van der Waals surface area contributed by atoms with Crippen LogP contribution in [-0.2, 0) is 22.5 Å². The number of ether oxygens (including phenoxy) is 1. The van der Waals surface area contributed by atoms with Crippen LogP contribution in [0.4, 0.5) is 4.39 Å². The summed E-state index contributed by atoms with van der Waals surface area (Å²) in [5.41, 5.74) is 1.63. The number of nitrogens with zero attached hydrogens (tertiary/aromatic N) is 3. The molecule has 29 heavy (non-hydrogen) atoms. The molecule has 0 radical (unpaired) electrons. The predicted molar refractivity (Wildman–Crippen MR) is 104 cm³/mol. The fourth-order valence-corrected chi connectivity index (χ4v) is 3.86. The van der Waals surface area contributed by atoms with E-state index in [1.807, 2.05) is 0 Å². The van der Waals surface area contributed by atoms with Gasteiger partial charge < -0.3 is 14.5 Å². The van der Waals surface area contributed by atoms with Crippen molar-refractivity contribution in [3.8, 4) is 5.69 Å². The van der Waals surface area contributed by atoms with Crippen LogP contribution in [0.2, 0.25) is 0 Å². The lowest BCUT2D eigenvalue weighted by molar-refractivity contribution is -0.129. The number of amides is 2. The lowest BCUT2D eigenvalue weighted by Gasteiger charge is -2.32. The van der Waals surface area contributed by atoms with E-state index in [1.54, 1.807) is 16.0 Å². The number of carbonyl (C=O) groups excluding carboxylic acids is 2. The van der Waals surface area contributed by atoms with Crippen molar-refractivity contribution >= 4 is 11.8 Å². The van der Waals surface area contributed by atoms with Gasteiger partial charge in [0.15, 0.2) is 0 Å². The Morgan fingerprint density at radius 2 is 1.72 bits per heavy atom. The molecule has 1 aromatic carbocycles. The zero-order valence-electron chi connectivity index (χ0n) is 16.2. The summed E-state index contributed by atoms with van der Waals surface area (Å²) in [6.45, 7) is 4.02. The number of hydrogen-bond acceptors (Lipinski definition) is 4. The number of pyridine rings is 1. The molecule has 0 spiro atoms. The molecule has 3 heterocycles. The maximum absolute atomic E-state index is 13.4. The first-order valence-corrected chi connectivity index (χ1v) is 9.61. The van der Waals surface area contributed by atoms with Crippen LogP contribution in [-0.4, -0.2) is 59.0 Å². The molecular formula is C21H22FN3O4. The van der Waals surface area contributed by atoms with Crippen molar-refractivity contribution in [2.24, 2.45) is 0 Å². The minimum absolute atomic E-state index is 0.0590. The maximum Gasteiger partial charge on any atom is 0.268 e. The molecule has 0 bridgehead atoms. The first-order chi connectivity index (χ1) is 14.0. The summed E-state index contributed by atoms with van der Waals surface area (Å²) >= 11 is 0. The third-order valence-electron chi connectivity index (χ3n) is 5.46. The Hall–Kier alpha value is -3.00. The van der Waals surface area contributed by atoms with E-state index in [2.05, 4.69) is 0 Å². The van der Waals surface area contributed by atoms with E-state index >= 15 is 0 Å². The van der Waals surface area contributed by atoms with E-state index in [4.69, 9.17) is 4.74 Å². The van der Waals surface area contributed by atoms with E-state index in [0.717, 1.165) is 5.56 Å². The van der Waals surface area contributed by atoms with Crippen molar-refractivity contribution in [3.63, 3.8) is 0 Å². The molecule has 0 saturated carbocycles. The van der Waals surface area contributed by atoms with Gasteiger partial charge in [-0.25, -0.2) is 4.39 Å². The highest BCUT2D eigenvalue weighted by Crippen LogP contribution is 2.23. The zero-order chi connectivity index (χ0) is 20.5. The molecule has 1 saturated heterocycles. The molecule has 152 valence electrons. The van der Waals surface area contributed by atoms with Gasteiger partial charge in [0.2, 0.25) is 5.91 Å². The van der Waals surface area contributed by atoms with E-state index in [1.165, 1.54) is 35.8 Å². The second-order valence-electron chi connectivity index (χ2n) is 7.25. The Morgan fingerprint density at radius 1 is 1.03 bits per heavy atom. The summed E-state index contributed by atoms with van der Waals surface area (Å²) in [7, 11) is 0. The van der Waals surface area contributed by atoms with Gasteiger partial charge in [0.25, 0.3) is 11.5 Å². The smallest absolute Gasteiger partial charge is 0.268 e.